The molecule has 0 N–H and O–H groups in total. The zero-order chi connectivity index (χ0) is 25.0. The molecule has 1 heterocycles. The van der Waals surface area contributed by atoms with Crippen LogP contribution in [0.15, 0.2) is 53.2 Å². The molecule has 2 aromatic rings. The summed E-state index contributed by atoms with van der Waals surface area (Å²) < 4.78 is 15.5. The molecule has 1 aliphatic rings. The molecule has 9 nitrogen and oxygen atoms in total. The van der Waals surface area contributed by atoms with Crippen LogP contribution in [-0.2, 0) is 20.7 Å². The quantitative estimate of drug-likeness (QED) is 0.238. The Hall–Kier alpha value is -3.85. The van der Waals surface area contributed by atoms with Crippen LogP contribution >= 0.6 is 11.6 Å². The SMILES string of the molecule is COC(=O)C1=C(C)N(CCc2ccc(OC)c(OC)c2)C(=O)/C1=C\c1cc([N+](=O)[O-])ccc1Cl. The highest BCUT2D eigenvalue weighted by Gasteiger charge is 2.37. The van der Waals surface area contributed by atoms with Gasteiger partial charge in [-0.25, -0.2) is 4.79 Å². The molecule has 1 amide bonds. The van der Waals surface area contributed by atoms with Gasteiger partial charge < -0.3 is 19.1 Å². The van der Waals surface area contributed by atoms with Crippen LogP contribution in [0.5, 0.6) is 11.5 Å². The molecule has 0 unspecified atom stereocenters. The van der Waals surface area contributed by atoms with E-state index < -0.39 is 16.8 Å². The fourth-order valence-electron chi connectivity index (χ4n) is 3.69. The first-order chi connectivity index (χ1) is 16.2. The number of halogens is 1. The molecule has 1 aliphatic heterocycles. The summed E-state index contributed by atoms with van der Waals surface area (Å²) in [5.41, 5.74) is 1.52. The van der Waals surface area contributed by atoms with Crippen LogP contribution in [0.3, 0.4) is 0 Å². The van der Waals surface area contributed by atoms with Gasteiger partial charge in [0.1, 0.15) is 0 Å². The number of nitro groups is 1. The second-order valence-corrected chi connectivity index (χ2v) is 7.78. The Morgan fingerprint density at radius 2 is 1.82 bits per heavy atom. The fraction of sp³-hybridized carbons (Fsp3) is 0.250. The van der Waals surface area contributed by atoms with Gasteiger partial charge in [0.05, 0.1) is 37.4 Å². The molecule has 2 aromatic carbocycles. The van der Waals surface area contributed by atoms with Crippen LogP contribution in [0.25, 0.3) is 6.08 Å². The monoisotopic (exact) mass is 486 g/mol. The number of amides is 1. The van der Waals surface area contributed by atoms with Gasteiger partial charge in [0, 0.05) is 35.0 Å². The molecule has 0 bridgehead atoms. The first kappa shape index (κ1) is 24.8. The van der Waals surface area contributed by atoms with Gasteiger partial charge in [0.15, 0.2) is 11.5 Å². The number of methoxy groups -OCH3 is 3. The third kappa shape index (κ3) is 4.89. The zero-order valence-electron chi connectivity index (χ0n) is 19.1. The molecule has 0 atom stereocenters. The van der Waals surface area contributed by atoms with Crippen molar-refractivity contribution in [3.05, 3.63) is 79.5 Å². The highest BCUT2D eigenvalue weighted by molar-refractivity contribution is 6.32. The Labute approximate surface area is 201 Å². The van der Waals surface area contributed by atoms with Crippen molar-refractivity contribution in [3.63, 3.8) is 0 Å². The number of nitro benzene ring substituents is 1. The van der Waals surface area contributed by atoms with Gasteiger partial charge in [0.25, 0.3) is 11.6 Å². The van der Waals surface area contributed by atoms with Crippen LogP contribution in [0.1, 0.15) is 18.1 Å². The Kier molecular flexibility index (Phi) is 7.57. The van der Waals surface area contributed by atoms with Gasteiger partial charge in [-0.3, -0.25) is 14.9 Å². The van der Waals surface area contributed by atoms with Crippen LogP contribution in [0.4, 0.5) is 5.69 Å². The van der Waals surface area contributed by atoms with E-state index in [1.165, 1.54) is 43.4 Å². The molecule has 0 aromatic heterocycles. The maximum Gasteiger partial charge on any atom is 0.340 e. The lowest BCUT2D eigenvalue weighted by molar-refractivity contribution is -0.384. The highest BCUT2D eigenvalue weighted by atomic mass is 35.5. The van der Waals surface area contributed by atoms with Crippen molar-refractivity contribution in [1.29, 1.82) is 0 Å². The van der Waals surface area contributed by atoms with Crippen molar-refractivity contribution < 1.29 is 28.7 Å². The summed E-state index contributed by atoms with van der Waals surface area (Å²) in [6.45, 7) is 1.93. The summed E-state index contributed by atoms with van der Waals surface area (Å²) in [5, 5.41) is 11.4. The van der Waals surface area contributed by atoms with E-state index >= 15 is 0 Å². The largest absolute Gasteiger partial charge is 0.493 e. The van der Waals surface area contributed by atoms with Crippen LogP contribution in [0.2, 0.25) is 5.02 Å². The number of non-ortho nitro benzene ring substituents is 1. The van der Waals surface area contributed by atoms with E-state index in [1.807, 2.05) is 12.1 Å². The summed E-state index contributed by atoms with van der Waals surface area (Å²) in [4.78, 5) is 37.9. The smallest absolute Gasteiger partial charge is 0.340 e. The molecular weight excluding hydrogens is 464 g/mol. The maximum atomic E-state index is 13.3. The van der Waals surface area contributed by atoms with Crippen LogP contribution in [0, 0.1) is 10.1 Å². The normalized spacial score (nSPS) is 14.6. The second-order valence-electron chi connectivity index (χ2n) is 7.37. The van der Waals surface area contributed by atoms with Gasteiger partial charge >= 0.3 is 5.97 Å². The summed E-state index contributed by atoms with van der Waals surface area (Å²) >= 11 is 6.21. The number of nitrogens with zero attached hydrogens (tertiary/aromatic N) is 2. The average molecular weight is 487 g/mol. The molecule has 0 saturated heterocycles. The Bertz CT molecular complexity index is 1220. The number of ether oxygens (including phenoxy) is 3. The van der Waals surface area contributed by atoms with Gasteiger partial charge in [-0.2, -0.15) is 0 Å². The van der Waals surface area contributed by atoms with Crippen molar-refractivity contribution in [2.24, 2.45) is 0 Å². The molecule has 0 aliphatic carbocycles. The van der Waals surface area contributed by atoms with Crippen molar-refractivity contribution in [2.75, 3.05) is 27.9 Å². The number of rotatable bonds is 8. The molecule has 178 valence electrons. The lowest BCUT2D eigenvalue weighted by atomic mass is 10.0. The minimum Gasteiger partial charge on any atom is -0.493 e. The van der Waals surface area contributed by atoms with Crippen LogP contribution < -0.4 is 9.47 Å². The van der Waals surface area contributed by atoms with Crippen molar-refractivity contribution >= 4 is 35.2 Å². The van der Waals surface area contributed by atoms with Gasteiger partial charge in [-0.1, -0.05) is 17.7 Å². The number of carbonyl (C=O) groups excluding carboxylic acids is 2. The Morgan fingerprint density at radius 3 is 2.44 bits per heavy atom. The Morgan fingerprint density at radius 1 is 1.12 bits per heavy atom. The molecule has 0 spiro atoms. The van der Waals surface area contributed by atoms with Gasteiger partial charge in [-0.05, 0) is 43.2 Å². The molecule has 0 saturated carbocycles. The lowest BCUT2D eigenvalue weighted by Crippen LogP contribution is -2.27. The topological polar surface area (TPSA) is 108 Å². The first-order valence-corrected chi connectivity index (χ1v) is 10.6. The molecule has 10 heteroatoms. The molecular formula is C24H23ClN2O7. The number of hydrogen-bond acceptors (Lipinski definition) is 7. The molecule has 0 fully saturated rings. The van der Waals surface area contributed by atoms with E-state index in [0.29, 0.717) is 23.6 Å². The first-order valence-electron chi connectivity index (χ1n) is 10.2. The summed E-state index contributed by atoms with van der Waals surface area (Å²) in [6, 6.07) is 9.34. The van der Waals surface area contributed by atoms with E-state index in [4.69, 9.17) is 25.8 Å². The van der Waals surface area contributed by atoms with Crippen molar-refractivity contribution in [1.82, 2.24) is 4.90 Å². The van der Waals surface area contributed by atoms with Gasteiger partial charge in [0.2, 0.25) is 0 Å². The van der Waals surface area contributed by atoms with Crippen molar-refractivity contribution in [3.8, 4) is 11.5 Å². The summed E-state index contributed by atoms with van der Waals surface area (Å²) in [5.74, 6) is 0.0380. The van der Waals surface area contributed by atoms with Gasteiger partial charge in [-0.15, -0.1) is 0 Å². The minimum absolute atomic E-state index is 0.0547. The molecule has 34 heavy (non-hydrogen) atoms. The van der Waals surface area contributed by atoms with Crippen molar-refractivity contribution in [2.45, 2.75) is 13.3 Å². The number of carbonyl (C=O) groups is 2. The summed E-state index contributed by atoms with van der Waals surface area (Å²) in [7, 11) is 4.30. The third-order valence-corrected chi connectivity index (χ3v) is 5.81. The molecule has 0 radical (unpaired) electrons. The maximum absolute atomic E-state index is 13.3. The lowest BCUT2D eigenvalue weighted by Gasteiger charge is -2.18. The third-order valence-electron chi connectivity index (χ3n) is 5.46. The number of hydrogen-bond donors (Lipinski definition) is 0. The number of esters is 1. The predicted octanol–water partition coefficient (Wildman–Crippen LogP) is 4.18. The van der Waals surface area contributed by atoms with E-state index in [1.54, 1.807) is 20.1 Å². The van der Waals surface area contributed by atoms with Crippen LogP contribution in [-0.4, -0.2) is 49.6 Å². The van der Waals surface area contributed by atoms with E-state index in [0.717, 1.165) is 5.56 Å². The highest BCUT2D eigenvalue weighted by Crippen LogP contribution is 2.34. The zero-order valence-corrected chi connectivity index (χ0v) is 19.8. The van der Waals surface area contributed by atoms with E-state index in [9.17, 15) is 19.7 Å². The minimum atomic E-state index is -0.688. The van der Waals surface area contributed by atoms with E-state index in [2.05, 4.69) is 0 Å². The van der Waals surface area contributed by atoms with E-state index in [-0.39, 0.29) is 34.0 Å². The fourth-order valence-corrected chi connectivity index (χ4v) is 3.86. The Balaban J connectivity index is 1.96. The number of allylic oxidation sites excluding steroid dienone is 1. The standard InChI is InChI=1S/C24H23ClN2O7/c1-14-22(24(29)34-4)18(13-16-12-17(27(30)31)6-7-19(16)25)23(28)26(14)10-9-15-5-8-20(32-2)21(11-15)33-3/h5-8,11-13H,9-10H2,1-4H3/b18-13-. The predicted molar refractivity (Wildman–Crippen MR) is 126 cm³/mol. The summed E-state index contributed by atoms with van der Waals surface area (Å²) in [6.07, 6.45) is 1.85. The number of benzene rings is 2. The molecule has 3 rings (SSSR count). The second kappa shape index (κ2) is 10.4. The average Bonchev–Trinajstić information content (AvgIpc) is 3.06.